The summed E-state index contributed by atoms with van der Waals surface area (Å²) in [4.78, 5) is 2.52. The molecule has 18 heavy (non-hydrogen) atoms. The van der Waals surface area contributed by atoms with Crippen molar-refractivity contribution < 1.29 is 5.11 Å². The first kappa shape index (κ1) is 13.4. The monoisotopic (exact) mass is 248 g/mol. The van der Waals surface area contributed by atoms with Crippen LogP contribution in [0.2, 0.25) is 0 Å². The zero-order chi connectivity index (χ0) is 12.8. The summed E-state index contributed by atoms with van der Waals surface area (Å²) in [5, 5.41) is 13.3. The summed E-state index contributed by atoms with van der Waals surface area (Å²) in [7, 11) is 0. The average molecular weight is 248 g/mol. The van der Waals surface area contributed by atoms with Crippen LogP contribution in [-0.4, -0.2) is 35.7 Å². The number of aromatic hydroxyl groups is 1. The quantitative estimate of drug-likeness (QED) is 0.858. The van der Waals surface area contributed by atoms with Crippen LogP contribution < -0.4 is 5.32 Å². The molecule has 100 valence electrons. The fourth-order valence-electron chi connectivity index (χ4n) is 2.59. The van der Waals surface area contributed by atoms with E-state index >= 15 is 0 Å². The lowest BCUT2D eigenvalue weighted by Crippen LogP contribution is -2.30. The number of hydrogen-bond donors (Lipinski definition) is 2. The number of para-hydroxylation sites is 1. The molecule has 0 aliphatic carbocycles. The number of rotatable bonds is 4. The first-order valence-electron chi connectivity index (χ1n) is 7.02. The molecule has 1 aliphatic heterocycles. The van der Waals surface area contributed by atoms with Gasteiger partial charge in [-0.3, -0.25) is 0 Å². The van der Waals surface area contributed by atoms with Crippen LogP contribution >= 0.6 is 0 Å². The third-order valence-electron chi connectivity index (χ3n) is 3.84. The van der Waals surface area contributed by atoms with Gasteiger partial charge < -0.3 is 15.3 Å². The Balaban J connectivity index is 1.82. The molecule has 0 spiro atoms. The summed E-state index contributed by atoms with van der Waals surface area (Å²) in [5.41, 5.74) is 0.995. The minimum absolute atomic E-state index is 0.397. The third-order valence-corrected chi connectivity index (χ3v) is 3.84. The molecule has 2 rings (SSSR count). The molecular formula is C15H24N2O. The van der Waals surface area contributed by atoms with Gasteiger partial charge in [0.05, 0.1) is 0 Å². The van der Waals surface area contributed by atoms with Crippen LogP contribution in [0.5, 0.6) is 5.75 Å². The SMILES string of the molecule is CCN1CCCC(NCc2ccccc2O)CC1. The number of phenolic OH excluding ortho intramolecular Hbond substituents is 1. The summed E-state index contributed by atoms with van der Waals surface area (Å²) >= 11 is 0. The van der Waals surface area contributed by atoms with E-state index in [-0.39, 0.29) is 0 Å². The van der Waals surface area contributed by atoms with E-state index < -0.39 is 0 Å². The lowest BCUT2D eigenvalue weighted by Gasteiger charge is -2.18. The van der Waals surface area contributed by atoms with E-state index in [1.807, 2.05) is 18.2 Å². The van der Waals surface area contributed by atoms with Crippen LogP contribution in [0.4, 0.5) is 0 Å². The maximum Gasteiger partial charge on any atom is 0.120 e. The normalized spacial score (nSPS) is 21.7. The number of likely N-dealkylation sites (tertiary alicyclic amines) is 1. The van der Waals surface area contributed by atoms with Gasteiger partial charge in [-0.2, -0.15) is 0 Å². The molecule has 1 atom stereocenters. The largest absolute Gasteiger partial charge is 0.508 e. The number of nitrogens with zero attached hydrogens (tertiary/aromatic N) is 1. The van der Waals surface area contributed by atoms with Crippen molar-refractivity contribution in [2.75, 3.05) is 19.6 Å². The van der Waals surface area contributed by atoms with Crippen LogP contribution in [-0.2, 0) is 6.54 Å². The Kier molecular flexibility index (Phi) is 5.02. The Bertz CT molecular complexity index is 367. The molecule has 2 N–H and O–H groups in total. The maximum atomic E-state index is 9.73. The van der Waals surface area contributed by atoms with Crippen LogP contribution in [0.3, 0.4) is 0 Å². The lowest BCUT2D eigenvalue weighted by molar-refractivity contribution is 0.297. The zero-order valence-electron chi connectivity index (χ0n) is 11.2. The first-order valence-corrected chi connectivity index (χ1v) is 7.02. The van der Waals surface area contributed by atoms with E-state index in [1.165, 1.54) is 32.4 Å². The van der Waals surface area contributed by atoms with Gasteiger partial charge in [-0.25, -0.2) is 0 Å². The molecule has 0 bridgehead atoms. The lowest BCUT2D eigenvalue weighted by atomic mass is 10.1. The van der Waals surface area contributed by atoms with Crippen molar-refractivity contribution in [2.45, 2.75) is 38.8 Å². The number of hydrogen-bond acceptors (Lipinski definition) is 3. The highest BCUT2D eigenvalue weighted by atomic mass is 16.3. The Morgan fingerprint density at radius 2 is 2.11 bits per heavy atom. The van der Waals surface area contributed by atoms with Crippen molar-refractivity contribution in [3.63, 3.8) is 0 Å². The van der Waals surface area contributed by atoms with Crippen molar-refractivity contribution >= 4 is 0 Å². The van der Waals surface area contributed by atoms with Gasteiger partial charge in [0.1, 0.15) is 5.75 Å². The third kappa shape index (κ3) is 3.72. The Labute approximate surface area is 110 Å². The van der Waals surface area contributed by atoms with Crippen LogP contribution in [0, 0.1) is 0 Å². The second-order valence-electron chi connectivity index (χ2n) is 5.07. The smallest absolute Gasteiger partial charge is 0.120 e. The Morgan fingerprint density at radius 3 is 2.89 bits per heavy atom. The predicted molar refractivity (Wildman–Crippen MR) is 74.7 cm³/mol. The van der Waals surface area contributed by atoms with Crippen molar-refractivity contribution in [3.05, 3.63) is 29.8 Å². The van der Waals surface area contributed by atoms with Crippen molar-refractivity contribution in [2.24, 2.45) is 0 Å². The molecule has 1 aromatic carbocycles. The highest BCUT2D eigenvalue weighted by molar-refractivity contribution is 5.31. The van der Waals surface area contributed by atoms with E-state index in [2.05, 4.69) is 17.1 Å². The van der Waals surface area contributed by atoms with Crippen molar-refractivity contribution in [1.82, 2.24) is 10.2 Å². The van der Waals surface area contributed by atoms with Crippen LogP contribution in [0.15, 0.2) is 24.3 Å². The Morgan fingerprint density at radius 1 is 1.28 bits per heavy atom. The molecule has 1 aromatic rings. The van der Waals surface area contributed by atoms with Gasteiger partial charge >= 0.3 is 0 Å². The molecule has 0 radical (unpaired) electrons. The standard InChI is InChI=1S/C15H24N2O/c1-2-17-10-5-7-14(9-11-17)16-12-13-6-3-4-8-15(13)18/h3-4,6,8,14,16,18H,2,5,7,9-12H2,1H3. The molecule has 1 heterocycles. The van der Waals surface area contributed by atoms with E-state index in [4.69, 9.17) is 0 Å². The van der Waals surface area contributed by atoms with E-state index in [1.54, 1.807) is 6.07 Å². The van der Waals surface area contributed by atoms with Gasteiger partial charge in [-0.1, -0.05) is 25.1 Å². The second-order valence-corrected chi connectivity index (χ2v) is 5.07. The molecule has 1 saturated heterocycles. The van der Waals surface area contributed by atoms with Gasteiger partial charge in [0, 0.05) is 18.2 Å². The highest BCUT2D eigenvalue weighted by Crippen LogP contribution is 2.17. The van der Waals surface area contributed by atoms with Gasteiger partial charge in [-0.15, -0.1) is 0 Å². The van der Waals surface area contributed by atoms with Crippen LogP contribution in [0.1, 0.15) is 31.7 Å². The molecule has 1 fully saturated rings. The molecule has 3 heteroatoms. The van der Waals surface area contributed by atoms with Gasteiger partial charge in [0.2, 0.25) is 0 Å². The van der Waals surface area contributed by atoms with Crippen molar-refractivity contribution in [3.8, 4) is 5.75 Å². The molecule has 3 nitrogen and oxygen atoms in total. The Hall–Kier alpha value is -1.06. The topological polar surface area (TPSA) is 35.5 Å². The highest BCUT2D eigenvalue weighted by Gasteiger charge is 2.15. The van der Waals surface area contributed by atoms with E-state index in [0.717, 1.165) is 18.7 Å². The average Bonchev–Trinajstić information content (AvgIpc) is 2.63. The maximum absolute atomic E-state index is 9.73. The van der Waals surface area contributed by atoms with Gasteiger partial charge in [0.25, 0.3) is 0 Å². The first-order chi connectivity index (χ1) is 8.79. The predicted octanol–water partition coefficient (Wildman–Crippen LogP) is 2.36. The molecule has 1 unspecified atom stereocenters. The molecule has 0 saturated carbocycles. The minimum atomic E-state index is 0.397. The van der Waals surface area contributed by atoms with Gasteiger partial charge in [-0.05, 0) is 45.0 Å². The summed E-state index contributed by atoms with van der Waals surface area (Å²) in [5.74, 6) is 0.397. The molecular weight excluding hydrogens is 224 g/mol. The van der Waals surface area contributed by atoms with E-state index in [0.29, 0.717) is 11.8 Å². The summed E-state index contributed by atoms with van der Waals surface area (Å²) in [6.45, 7) is 6.58. The van der Waals surface area contributed by atoms with Crippen LogP contribution in [0.25, 0.3) is 0 Å². The summed E-state index contributed by atoms with van der Waals surface area (Å²) in [6.07, 6.45) is 3.72. The number of phenols is 1. The second kappa shape index (κ2) is 6.76. The fourth-order valence-corrected chi connectivity index (χ4v) is 2.59. The van der Waals surface area contributed by atoms with Gasteiger partial charge in [0.15, 0.2) is 0 Å². The summed E-state index contributed by atoms with van der Waals surface area (Å²) < 4.78 is 0. The summed E-state index contributed by atoms with van der Waals surface area (Å²) in [6, 6.07) is 8.16. The number of nitrogens with one attached hydrogen (secondary N) is 1. The molecule has 0 aromatic heterocycles. The van der Waals surface area contributed by atoms with Crippen molar-refractivity contribution in [1.29, 1.82) is 0 Å². The van der Waals surface area contributed by atoms with E-state index in [9.17, 15) is 5.11 Å². The zero-order valence-corrected chi connectivity index (χ0v) is 11.2. The molecule has 1 aliphatic rings. The minimum Gasteiger partial charge on any atom is -0.508 e. The molecule has 0 amide bonds. The fraction of sp³-hybridized carbons (Fsp3) is 0.600. The number of benzene rings is 1.